The summed E-state index contributed by atoms with van der Waals surface area (Å²) in [5, 5.41) is 6.92. The summed E-state index contributed by atoms with van der Waals surface area (Å²) < 4.78 is 0. The van der Waals surface area contributed by atoms with Crippen LogP contribution in [0.3, 0.4) is 0 Å². The van der Waals surface area contributed by atoms with Crippen LogP contribution in [0.1, 0.15) is 58.7 Å². The smallest absolute Gasteiger partial charge is 0.0944 e. The second-order valence-corrected chi connectivity index (χ2v) is 7.71. The predicted octanol–water partition coefficient (Wildman–Crippen LogP) is 4.01. The average Bonchev–Trinajstić information content (AvgIpc) is 2.73. The highest BCUT2D eigenvalue weighted by Gasteiger charge is 2.28. The molecule has 0 saturated heterocycles. The van der Waals surface area contributed by atoms with Crippen molar-refractivity contribution >= 4 is 11.3 Å². The highest BCUT2D eigenvalue weighted by atomic mass is 32.1. The monoisotopic (exact) mass is 268 g/mol. The summed E-state index contributed by atoms with van der Waals surface area (Å²) in [6, 6.07) is 0.487. The van der Waals surface area contributed by atoms with Crippen molar-refractivity contribution in [3.8, 4) is 0 Å². The molecule has 0 aliphatic carbocycles. The van der Waals surface area contributed by atoms with Crippen molar-refractivity contribution in [2.24, 2.45) is 5.41 Å². The largest absolute Gasteiger partial charge is 0.316 e. The lowest BCUT2D eigenvalue weighted by molar-refractivity contribution is 0.240. The van der Waals surface area contributed by atoms with Crippen LogP contribution in [-0.2, 0) is 11.8 Å². The number of nitrogens with zero attached hydrogens (tertiary/aromatic N) is 1. The van der Waals surface area contributed by atoms with E-state index in [1.54, 1.807) is 11.3 Å². The fourth-order valence-corrected chi connectivity index (χ4v) is 3.01. The molecule has 3 heteroatoms. The molecule has 1 unspecified atom stereocenters. The number of hydrogen-bond acceptors (Lipinski definition) is 3. The van der Waals surface area contributed by atoms with Gasteiger partial charge in [0.25, 0.3) is 0 Å². The molecule has 104 valence electrons. The molecular formula is C15H28N2S. The Balaban J connectivity index is 2.81. The molecule has 1 N–H and O–H groups in total. The zero-order valence-corrected chi connectivity index (χ0v) is 13.7. The lowest BCUT2D eigenvalue weighted by Gasteiger charge is -2.32. The Labute approximate surface area is 116 Å². The maximum Gasteiger partial charge on any atom is 0.0944 e. The van der Waals surface area contributed by atoms with Gasteiger partial charge in [-0.25, -0.2) is 4.98 Å². The standard InChI is InChI=1S/C15H28N2S/c1-8-15(5,6)11(16-7)9-13-17-12(10-18-13)14(2,3)4/h10-11,16H,8-9H2,1-7H3. The van der Waals surface area contributed by atoms with Crippen LogP contribution < -0.4 is 5.32 Å². The normalized spacial score (nSPS) is 14.8. The van der Waals surface area contributed by atoms with Gasteiger partial charge in [-0.05, 0) is 18.9 Å². The van der Waals surface area contributed by atoms with Crippen LogP contribution in [0.15, 0.2) is 5.38 Å². The lowest BCUT2D eigenvalue weighted by Crippen LogP contribution is -2.41. The first-order chi connectivity index (χ1) is 8.20. The first kappa shape index (κ1) is 15.6. The first-order valence-electron chi connectivity index (χ1n) is 6.83. The van der Waals surface area contributed by atoms with E-state index in [0.717, 1.165) is 6.42 Å². The molecule has 1 atom stereocenters. The number of aromatic nitrogens is 1. The molecule has 18 heavy (non-hydrogen) atoms. The molecule has 1 rings (SSSR count). The van der Waals surface area contributed by atoms with Gasteiger partial charge in [0.05, 0.1) is 10.7 Å². The third kappa shape index (κ3) is 3.79. The molecule has 0 spiro atoms. The average molecular weight is 268 g/mol. The van der Waals surface area contributed by atoms with Gasteiger partial charge in [0, 0.05) is 23.3 Å². The van der Waals surface area contributed by atoms with Gasteiger partial charge in [-0.3, -0.25) is 0 Å². The summed E-state index contributed by atoms with van der Waals surface area (Å²) >= 11 is 1.80. The number of thiazole rings is 1. The molecule has 0 saturated carbocycles. The second kappa shape index (κ2) is 5.70. The van der Waals surface area contributed by atoms with Crippen LogP contribution in [0, 0.1) is 5.41 Å². The number of nitrogens with one attached hydrogen (secondary N) is 1. The lowest BCUT2D eigenvalue weighted by atomic mass is 9.80. The molecule has 2 nitrogen and oxygen atoms in total. The Bertz CT molecular complexity index is 374. The number of hydrogen-bond donors (Lipinski definition) is 1. The van der Waals surface area contributed by atoms with Crippen molar-refractivity contribution < 1.29 is 0 Å². The zero-order chi connectivity index (χ0) is 14.0. The van der Waals surface area contributed by atoms with Crippen LogP contribution in [0.25, 0.3) is 0 Å². The second-order valence-electron chi connectivity index (χ2n) is 6.76. The highest BCUT2D eigenvalue weighted by molar-refractivity contribution is 7.09. The van der Waals surface area contributed by atoms with Crippen molar-refractivity contribution in [3.63, 3.8) is 0 Å². The summed E-state index contributed by atoms with van der Waals surface area (Å²) in [6.07, 6.45) is 2.20. The van der Waals surface area contributed by atoms with Gasteiger partial charge in [0.15, 0.2) is 0 Å². The SMILES string of the molecule is CCC(C)(C)C(Cc1nc(C(C)(C)C)cs1)NC. The Morgan fingerprint density at radius 1 is 1.28 bits per heavy atom. The minimum absolute atomic E-state index is 0.157. The van der Waals surface area contributed by atoms with Crippen molar-refractivity contribution in [2.75, 3.05) is 7.05 Å². The summed E-state index contributed by atoms with van der Waals surface area (Å²) in [7, 11) is 2.06. The van der Waals surface area contributed by atoms with Crippen molar-refractivity contribution in [1.29, 1.82) is 0 Å². The molecule has 0 amide bonds. The molecule has 0 aliphatic rings. The molecular weight excluding hydrogens is 240 g/mol. The van der Waals surface area contributed by atoms with Crippen LogP contribution in [0.5, 0.6) is 0 Å². The summed E-state index contributed by atoms with van der Waals surface area (Å²) in [5.74, 6) is 0. The van der Waals surface area contributed by atoms with Crippen LogP contribution in [0.2, 0.25) is 0 Å². The molecule has 0 fully saturated rings. The summed E-state index contributed by atoms with van der Waals surface area (Å²) in [4.78, 5) is 4.80. The minimum atomic E-state index is 0.157. The van der Waals surface area contributed by atoms with E-state index in [2.05, 4.69) is 59.3 Å². The van der Waals surface area contributed by atoms with Crippen LogP contribution in [-0.4, -0.2) is 18.1 Å². The van der Waals surface area contributed by atoms with E-state index >= 15 is 0 Å². The predicted molar refractivity (Wildman–Crippen MR) is 81.4 cm³/mol. The van der Waals surface area contributed by atoms with E-state index in [0.29, 0.717) is 11.5 Å². The van der Waals surface area contributed by atoms with E-state index < -0.39 is 0 Å². The van der Waals surface area contributed by atoms with Crippen LogP contribution >= 0.6 is 11.3 Å². The molecule has 1 heterocycles. The van der Waals surface area contributed by atoms with Crippen molar-refractivity contribution in [1.82, 2.24) is 10.3 Å². The van der Waals surface area contributed by atoms with Gasteiger partial charge in [-0.2, -0.15) is 0 Å². The maximum absolute atomic E-state index is 4.80. The quantitative estimate of drug-likeness (QED) is 0.873. The van der Waals surface area contributed by atoms with Gasteiger partial charge < -0.3 is 5.32 Å². The Morgan fingerprint density at radius 3 is 2.28 bits per heavy atom. The third-order valence-corrected chi connectivity index (χ3v) is 4.77. The molecule has 0 radical (unpaired) electrons. The molecule has 1 aromatic rings. The topological polar surface area (TPSA) is 24.9 Å². The van der Waals surface area contributed by atoms with Gasteiger partial charge in [0.1, 0.15) is 0 Å². The van der Waals surface area contributed by atoms with E-state index in [1.165, 1.54) is 17.1 Å². The number of likely N-dealkylation sites (N-methyl/N-ethyl adjacent to an activating group) is 1. The minimum Gasteiger partial charge on any atom is -0.316 e. The van der Waals surface area contributed by atoms with Gasteiger partial charge in [0.2, 0.25) is 0 Å². The van der Waals surface area contributed by atoms with Gasteiger partial charge in [-0.1, -0.05) is 41.5 Å². The molecule has 0 aromatic carbocycles. The third-order valence-electron chi connectivity index (χ3n) is 3.90. The Kier molecular flexibility index (Phi) is 4.96. The summed E-state index contributed by atoms with van der Waals surface area (Å²) in [5.41, 5.74) is 1.68. The Hall–Kier alpha value is -0.410. The fraction of sp³-hybridized carbons (Fsp3) is 0.800. The van der Waals surface area contributed by atoms with Crippen molar-refractivity contribution in [3.05, 3.63) is 16.1 Å². The fourth-order valence-electron chi connectivity index (χ4n) is 1.94. The first-order valence-corrected chi connectivity index (χ1v) is 7.71. The molecule has 1 aromatic heterocycles. The maximum atomic E-state index is 4.80. The van der Waals surface area contributed by atoms with E-state index in [4.69, 9.17) is 4.98 Å². The molecule has 0 bridgehead atoms. The molecule has 0 aliphatic heterocycles. The summed E-state index contributed by atoms with van der Waals surface area (Å²) in [6.45, 7) is 13.6. The Morgan fingerprint density at radius 2 is 1.89 bits per heavy atom. The van der Waals surface area contributed by atoms with Crippen LogP contribution in [0.4, 0.5) is 0 Å². The van der Waals surface area contributed by atoms with Crippen molar-refractivity contribution in [2.45, 2.75) is 65.8 Å². The van der Waals surface area contributed by atoms with E-state index in [1.807, 2.05) is 0 Å². The van der Waals surface area contributed by atoms with E-state index in [9.17, 15) is 0 Å². The number of rotatable bonds is 5. The van der Waals surface area contributed by atoms with Gasteiger partial charge >= 0.3 is 0 Å². The van der Waals surface area contributed by atoms with Gasteiger partial charge in [-0.15, -0.1) is 11.3 Å². The zero-order valence-electron chi connectivity index (χ0n) is 12.9. The highest BCUT2D eigenvalue weighted by Crippen LogP contribution is 2.29. The van der Waals surface area contributed by atoms with E-state index in [-0.39, 0.29) is 5.41 Å².